The number of amides is 1. The van der Waals surface area contributed by atoms with Crippen LogP contribution in [-0.4, -0.2) is 70.7 Å². The van der Waals surface area contributed by atoms with Crippen LogP contribution in [0.25, 0.3) is 16.3 Å². The van der Waals surface area contributed by atoms with Crippen LogP contribution in [0.5, 0.6) is 5.75 Å². The Kier molecular flexibility index (Phi) is 6.61. The molecule has 1 amide bonds. The van der Waals surface area contributed by atoms with Crippen LogP contribution in [0.15, 0.2) is 41.5 Å². The number of fused-ring (bicyclic) bond motifs is 1. The largest absolute Gasteiger partial charge is 0.501 e. The Morgan fingerprint density at radius 1 is 1.19 bits per heavy atom. The van der Waals surface area contributed by atoms with Gasteiger partial charge in [-0.05, 0) is 29.8 Å². The smallest absolute Gasteiger partial charge is 0.300 e. The lowest BCUT2D eigenvalue weighted by Crippen LogP contribution is -2.36. The standard InChI is InChI=1S/C25H23F2N5O4S/c1-30(2)24(34)17-11-19(27)18(26)10-14(17)9-16-12-28-23(37-16)21-22(33)25(35)32-13-15(3-4-20(32)29-21)31-5-7-36-8-6-31/h3-4,10-13,33H,5-9H2,1-2H3. The zero-order chi connectivity index (χ0) is 26.3. The molecular formula is C25H23F2N5O4S. The third-order valence-electron chi connectivity index (χ3n) is 6.06. The molecule has 1 saturated heterocycles. The van der Waals surface area contributed by atoms with Gasteiger partial charge in [0.1, 0.15) is 16.3 Å². The lowest BCUT2D eigenvalue weighted by Gasteiger charge is -2.28. The molecule has 0 atom stereocenters. The van der Waals surface area contributed by atoms with Crippen LogP contribution < -0.4 is 10.5 Å². The molecule has 4 aromatic rings. The molecule has 37 heavy (non-hydrogen) atoms. The van der Waals surface area contributed by atoms with E-state index in [2.05, 4.69) is 14.9 Å². The van der Waals surface area contributed by atoms with Crippen molar-refractivity contribution in [2.24, 2.45) is 0 Å². The average Bonchev–Trinajstić information content (AvgIpc) is 3.36. The van der Waals surface area contributed by atoms with Crippen LogP contribution in [0, 0.1) is 11.6 Å². The van der Waals surface area contributed by atoms with Crippen molar-refractivity contribution < 1.29 is 23.4 Å². The summed E-state index contributed by atoms with van der Waals surface area (Å²) in [6.45, 7) is 2.58. The third kappa shape index (κ3) is 4.77. The van der Waals surface area contributed by atoms with Gasteiger partial charge in [0.05, 0.1) is 18.9 Å². The molecule has 1 aromatic carbocycles. The van der Waals surface area contributed by atoms with E-state index in [0.717, 1.165) is 29.2 Å². The molecule has 0 aliphatic carbocycles. The highest BCUT2D eigenvalue weighted by atomic mass is 32.1. The molecule has 4 heterocycles. The highest BCUT2D eigenvalue weighted by molar-refractivity contribution is 7.15. The maximum atomic E-state index is 14.0. The van der Waals surface area contributed by atoms with Gasteiger partial charge in [0.15, 0.2) is 11.6 Å². The van der Waals surface area contributed by atoms with Crippen molar-refractivity contribution in [3.8, 4) is 16.5 Å². The highest BCUT2D eigenvalue weighted by Crippen LogP contribution is 2.31. The number of nitrogens with zero attached hydrogens (tertiary/aromatic N) is 5. The number of thiazole rings is 1. The first-order valence-electron chi connectivity index (χ1n) is 11.5. The highest BCUT2D eigenvalue weighted by Gasteiger charge is 2.21. The molecule has 5 rings (SSSR count). The van der Waals surface area contributed by atoms with Crippen molar-refractivity contribution in [1.82, 2.24) is 19.3 Å². The predicted octanol–water partition coefficient (Wildman–Crippen LogP) is 2.93. The normalized spacial score (nSPS) is 13.8. The van der Waals surface area contributed by atoms with Gasteiger partial charge in [0.2, 0.25) is 5.75 Å². The number of aromatic hydroxyl groups is 1. The molecule has 1 aliphatic rings. The second-order valence-corrected chi connectivity index (χ2v) is 9.88. The molecule has 1 fully saturated rings. The van der Waals surface area contributed by atoms with Gasteiger partial charge in [-0.3, -0.25) is 14.0 Å². The topological polar surface area (TPSA) is 100 Å². The number of rotatable bonds is 5. The van der Waals surface area contributed by atoms with Gasteiger partial charge in [-0.15, -0.1) is 11.3 Å². The van der Waals surface area contributed by atoms with Crippen molar-refractivity contribution in [3.63, 3.8) is 0 Å². The molecule has 0 unspecified atom stereocenters. The fourth-order valence-electron chi connectivity index (χ4n) is 4.14. The summed E-state index contributed by atoms with van der Waals surface area (Å²) in [6, 6.07) is 5.44. The summed E-state index contributed by atoms with van der Waals surface area (Å²) in [4.78, 5) is 38.2. The number of hydrogen-bond donors (Lipinski definition) is 1. The maximum Gasteiger partial charge on any atom is 0.300 e. The van der Waals surface area contributed by atoms with Crippen molar-refractivity contribution in [3.05, 3.63) is 74.7 Å². The number of hydrogen-bond acceptors (Lipinski definition) is 8. The Morgan fingerprint density at radius 2 is 1.92 bits per heavy atom. The fourth-order valence-corrected chi connectivity index (χ4v) is 5.06. The third-order valence-corrected chi connectivity index (χ3v) is 7.07. The number of halogens is 2. The van der Waals surface area contributed by atoms with E-state index >= 15 is 0 Å². The van der Waals surface area contributed by atoms with E-state index in [1.54, 1.807) is 12.3 Å². The number of carbonyl (C=O) groups excluding carboxylic acids is 1. The van der Waals surface area contributed by atoms with E-state index < -0.39 is 28.9 Å². The van der Waals surface area contributed by atoms with Crippen molar-refractivity contribution >= 4 is 28.6 Å². The van der Waals surface area contributed by atoms with E-state index in [4.69, 9.17) is 4.74 Å². The van der Waals surface area contributed by atoms with Gasteiger partial charge in [-0.2, -0.15) is 0 Å². The quantitative estimate of drug-likeness (QED) is 0.426. The summed E-state index contributed by atoms with van der Waals surface area (Å²) >= 11 is 1.13. The molecule has 0 radical (unpaired) electrons. The van der Waals surface area contributed by atoms with Gasteiger partial charge in [0, 0.05) is 56.4 Å². The Labute approximate surface area is 214 Å². The van der Waals surface area contributed by atoms with Crippen LogP contribution in [0.4, 0.5) is 14.5 Å². The minimum absolute atomic E-state index is 0.0234. The zero-order valence-corrected chi connectivity index (χ0v) is 20.9. The average molecular weight is 528 g/mol. The minimum Gasteiger partial charge on any atom is -0.501 e. The summed E-state index contributed by atoms with van der Waals surface area (Å²) in [5, 5.41) is 11.0. The number of morpholine rings is 1. The van der Waals surface area contributed by atoms with E-state index in [1.165, 1.54) is 29.6 Å². The molecule has 1 aliphatic heterocycles. The second-order valence-electron chi connectivity index (χ2n) is 8.76. The first-order valence-corrected chi connectivity index (χ1v) is 12.3. The van der Waals surface area contributed by atoms with Gasteiger partial charge < -0.3 is 19.6 Å². The second kappa shape index (κ2) is 9.87. The number of aromatic nitrogens is 3. The van der Waals surface area contributed by atoms with E-state index in [9.17, 15) is 23.5 Å². The summed E-state index contributed by atoms with van der Waals surface area (Å²) in [7, 11) is 3.05. The molecule has 0 saturated carbocycles. The van der Waals surface area contributed by atoms with Crippen LogP contribution >= 0.6 is 11.3 Å². The SMILES string of the molecule is CN(C)C(=O)c1cc(F)c(F)cc1Cc1cnc(-c2nc3ccc(N4CCOCC4)cn3c(=O)c2O)s1. The molecule has 0 bridgehead atoms. The van der Waals surface area contributed by atoms with Gasteiger partial charge >= 0.3 is 5.56 Å². The van der Waals surface area contributed by atoms with E-state index in [1.807, 2.05) is 6.07 Å². The van der Waals surface area contributed by atoms with Crippen LogP contribution in [0.1, 0.15) is 20.8 Å². The van der Waals surface area contributed by atoms with Crippen molar-refractivity contribution in [2.45, 2.75) is 6.42 Å². The molecule has 192 valence electrons. The van der Waals surface area contributed by atoms with Crippen LogP contribution in [-0.2, 0) is 11.2 Å². The lowest BCUT2D eigenvalue weighted by atomic mass is 10.0. The van der Waals surface area contributed by atoms with Gasteiger partial charge in [-0.25, -0.2) is 18.7 Å². The molecule has 1 N–H and O–H groups in total. The van der Waals surface area contributed by atoms with Gasteiger partial charge in [-0.1, -0.05) is 0 Å². The van der Waals surface area contributed by atoms with E-state index in [-0.39, 0.29) is 22.7 Å². The summed E-state index contributed by atoms with van der Waals surface area (Å²) in [5.41, 5.74) is 0.879. The summed E-state index contributed by atoms with van der Waals surface area (Å²) in [6.07, 6.45) is 3.23. The molecule has 0 spiro atoms. The van der Waals surface area contributed by atoms with Crippen molar-refractivity contribution in [1.29, 1.82) is 0 Å². The Hall–Kier alpha value is -3.90. The number of carbonyl (C=O) groups is 1. The predicted molar refractivity (Wildman–Crippen MR) is 134 cm³/mol. The first-order chi connectivity index (χ1) is 17.7. The minimum atomic E-state index is -1.11. The molecule has 3 aromatic heterocycles. The monoisotopic (exact) mass is 527 g/mol. The Morgan fingerprint density at radius 3 is 2.65 bits per heavy atom. The van der Waals surface area contributed by atoms with Gasteiger partial charge in [0.25, 0.3) is 5.91 Å². The van der Waals surface area contributed by atoms with Crippen LogP contribution in [0.3, 0.4) is 0 Å². The van der Waals surface area contributed by atoms with Crippen molar-refractivity contribution in [2.75, 3.05) is 45.3 Å². The number of ether oxygens (including phenoxy) is 1. The molecule has 9 nitrogen and oxygen atoms in total. The van der Waals surface area contributed by atoms with E-state index in [0.29, 0.717) is 42.4 Å². The summed E-state index contributed by atoms with van der Waals surface area (Å²) in [5.74, 6) is -3.18. The maximum absolute atomic E-state index is 14.0. The Bertz CT molecular complexity index is 1560. The summed E-state index contributed by atoms with van der Waals surface area (Å²) < 4.78 is 34.5. The molecular weight excluding hydrogens is 504 g/mol. The number of pyridine rings is 1. The zero-order valence-electron chi connectivity index (χ0n) is 20.1. The Balaban J connectivity index is 1.48. The fraction of sp³-hybridized carbons (Fsp3) is 0.280. The number of benzene rings is 1. The molecule has 12 heteroatoms. The number of anilines is 1. The first kappa shape index (κ1) is 24.8. The lowest BCUT2D eigenvalue weighted by molar-refractivity contribution is 0.0826. The van der Waals surface area contributed by atoms with Crippen LogP contribution in [0.2, 0.25) is 0 Å².